The second-order valence-corrected chi connectivity index (χ2v) is 9.58. The second-order valence-electron chi connectivity index (χ2n) is 9.58. The number of rotatable bonds is 6. The summed E-state index contributed by atoms with van der Waals surface area (Å²) in [5, 5.41) is 2.95. The van der Waals surface area contributed by atoms with Crippen molar-refractivity contribution in [2.75, 3.05) is 23.3 Å². The van der Waals surface area contributed by atoms with Crippen molar-refractivity contribution in [3.63, 3.8) is 0 Å². The van der Waals surface area contributed by atoms with Crippen molar-refractivity contribution >= 4 is 17.3 Å². The maximum Gasteiger partial charge on any atom is 0.416 e. The van der Waals surface area contributed by atoms with Gasteiger partial charge in [0, 0.05) is 48.3 Å². The fourth-order valence-corrected chi connectivity index (χ4v) is 5.15. The molecule has 0 aliphatic carbocycles. The molecule has 5 rings (SSSR count). The largest absolute Gasteiger partial charge is 0.416 e. The highest BCUT2D eigenvalue weighted by molar-refractivity contribution is 6.09. The number of nitrogens with zero attached hydrogens (tertiary/aromatic N) is 2. The van der Waals surface area contributed by atoms with Gasteiger partial charge in [-0.05, 0) is 78.4 Å². The highest BCUT2D eigenvalue weighted by Crippen LogP contribution is 2.38. The van der Waals surface area contributed by atoms with Crippen LogP contribution in [-0.4, -0.2) is 24.0 Å². The van der Waals surface area contributed by atoms with E-state index in [1.165, 1.54) is 6.07 Å². The topological polar surface area (TPSA) is 45.2 Å². The number of anilines is 2. The molecule has 0 fully saturated rings. The average molecular weight is 516 g/mol. The third-order valence-corrected chi connectivity index (χ3v) is 7.14. The molecule has 7 heteroatoms. The van der Waals surface area contributed by atoms with E-state index in [-0.39, 0.29) is 5.56 Å². The predicted octanol–water partition coefficient (Wildman–Crippen LogP) is 7.24. The summed E-state index contributed by atoms with van der Waals surface area (Å²) < 4.78 is 40.6. The van der Waals surface area contributed by atoms with Crippen molar-refractivity contribution in [3.8, 4) is 11.1 Å². The number of benzene rings is 3. The molecule has 1 N–H and O–H groups in total. The number of hydrogen-bond acceptors (Lipinski definition) is 3. The molecule has 1 amide bonds. The Hall–Kier alpha value is -4.13. The molecular weight excluding hydrogens is 487 g/mol. The molecule has 1 aliphatic heterocycles. The van der Waals surface area contributed by atoms with Crippen LogP contribution in [0.2, 0.25) is 0 Å². The van der Waals surface area contributed by atoms with Crippen LogP contribution in [0.1, 0.15) is 38.3 Å². The van der Waals surface area contributed by atoms with Crippen LogP contribution in [0.4, 0.5) is 24.5 Å². The van der Waals surface area contributed by atoms with E-state index in [2.05, 4.69) is 21.3 Å². The van der Waals surface area contributed by atoms with E-state index in [1.807, 2.05) is 38.1 Å². The summed E-state index contributed by atoms with van der Waals surface area (Å²) in [5.41, 5.74) is 6.05. The molecule has 0 atom stereocenters. The highest BCUT2D eigenvalue weighted by Gasteiger charge is 2.32. The molecule has 0 bridgehead atoms. The number of carbonyl (C=O) groups excluding carboxylic acids is 1. The number of amides is 1. The number of halogens is 3. The van der Waals surface area contributed by atoms with Crippen LogP contribution < -0.4 is 10.2 Å². The highest BCUT2D eigenvalue weighted by atomic mass is 19.4. The lowest BCUT2D eigenvalue weighted by atomic mass is 9.95. The Kier molecular flexibility index (Phi) is 6.93. The molecule has 38 heavy (non-hydrogen) atoms. The Bertz CT molecular complexity index is 1470. The first-order chi connectivity index (χ1) is 18.2. The standard InChI is InChI=1S/C31H28F3N3O/c1-20-18-28-25(14-17-37(28)16-13-24-10-6-7-15-35-24)21(2)29(20)36-30(38)27-19-23(31(32,33)34)11-12-26(27)22-8-4-3-5-9-22/h3-12,15,18-19H,13-14,16-17H2,1-2H3,(H,36,38). The number of aromatic nitrogens is 1. The van der Waals surface area contributed by atoms with E-state index < -0.39 is 17.6 Å². The minimum atomic E-state index is -4.55. The lowest BCUT2D eigenvalue weighted by molar-refractivity contribution is -0.137. The van der Waals surface area contributed by atoms with Gasteiger partial charge in [-0.2, -0.15) is 13.2 Å². The third-order valence-electron chi connectivity index (χ3n) is 7.14. The molecule has 0 radical (unpaired) electrons. The summed E-state index contributed by atoms with van der Waals surface area (Å²) >= 11 is 0. The number of aryl methyl sites for hydroxylation is 1. The lowest BCUT2D eigenvalue weighted by Gasteiger charge is -2.22. The monoisotopic (exact) mass is 515 g/mol. The van der Waals surface area contributed by atoms with Crippen molar-refractivity contribution in [2.24, 2.45) is 0 Å². The Labute approximate surface area is 220 Å². The molecule has 0 saturated carbocycles. The molecule has 1 aromatic heterocycles. The Balaban J connectivity index is 1.44. The quantitative estimate of drug-likeness (QED) is 0.294. The fraction of sp³-hybridized carbons (Fsp3) is 0.226. The first-order valence-electron chi connectivity index (χ1n) is 12.6. The minimum absolute atomic E-state index is 0.0117. The van der Waals surface area contributed by atoms with Crippen LogP contribution in [-0.2, 0) is 19.0 Å². The van der Waals surface area contributed by atoms with Crippen molar-refractivity contribution < 1.29 is 18.0 Å². The van der Waals surface area contributed by atoms with Crippen LogP contribution >= 0.6 is 0 Å². The van der Waals surface area contributed by atoms with Gasteiger partial charge in [0.25, 0.3) is 5.91 Å². The van der Waals surface area contributed by atoms with Crippen LogP contribution in [0.25, 0.3) is 11.1 Å². The van der Waals surface area contributed by atoms with E-state index in [4.69, 9.17) is 0 Å². The zero-order valence-corrected chi connectivity index (χ0v) is 21.3. The second kappa shape index (κ2) is 10.3. The van der Waals surface area contributed by atoms with Crippen LogP contribution in [0, 0.1) is 13.8 Å². The first kappa shape index (κ1) is 25.5. The molecule has 2 heterocycles. The number of nitrogens with one attached hydrogen (secondary N) is 1. The zero-order chi connectivity index (χ0) is 26.9. The number of carbonyl (C=O) groups is 1. The molecule has 0 saturated heterocycles. The van der Waals surface area contributed by atoms with Crippen LogP contribution in [0.3, 0.4) is 0 Å². The van der Waals surface area contributed by atoms with Crippen LogP contribution in [0.5, 0.6) is 0 Å². The number of hydrogen-bond donors (Lipinski definition) is 1. The molecule has 4 aromatic rings. The summed E-state index contributed by atoms with van der Waals surface area (Å²) in [5.74, 6) is -0.564. The molecular formula is C31H28F3N3O. The smallest absolute Gasteiger partial charge is 0.371 e. The summed E-state index contributed by atoms with van der Waals surface area (Å²) in [7, 11) is 0. The van der Waals surface area contributed by atoms with E-state index >= 15 is 0 Å². The minimum Gasteiger partial charge on any atom is -0.371 e. The van der Waals surface area contributed by atoms with Crippen molar-refractivity contribution in [1.29, 1.82) is 0 Å². The molecule has 194 valence electrons. The summed E-state index contributed by atoms with van der Waals surface area (Å²) in [6, 6.07) is 20.3. The lowest BCUT2D eigenvalue weighted by Crippen LogP contribution is -2.23. The number of fused-ring (bicyclic) bond motifs is 1. The number of pyridine rings is 1. The van der Waals surface area contributed by atoms with Crippen molar-refractivity contribution in [1.82, 2.24) is 4.98 Å². The molecule has 3 aromatic carbocycles. The van der Waals surface area contributed by atoms with Gasteiger partial charge in [0.2, 0.25) is 0 Å². The summed E-state index contributed by atoms with van der Waals surface area (Å²) in [4.78, 5) is 20.3. The fourth-order valence-electron chi connectivity index (χ4n) is 5.15. The predicted molar refractivity (Wildman–Crippen MR) is 145 cm³/mol. The van der Waals surface area contributed by atoms with Crippen molar-refractivity contribution in [2.45, 2.75) is 32.9 Å². The third kappa shape index (κ3) is 5.14. The summed E-state index contributed by atoms with van der Waals surface area (Å²) in [6.07, 6.45) is -1.09. The maximum atomic E-state index is 13.5. The van der Waals surface area contributed by atoms with Crippen molar-refractivity contribution in [3.05, 3.63) is 113 Å². The van der Waals surface area contributed by atoms with Gasteiger partial charge in [0.1, 0.15) is 0 Å². The molecule has 0 spiro atoms. The molecule has 0 unspecified atom stereocenters. The Morgan fingerprint density at radius 2 is 1.76 bits per heavy atom. The van der Waals surface area contributed by atoms with Gasteiger partial charge in [0.15, 0.2) is 0 Å². The van der Waals surface area contributed by atoms with Gasteiger partial charge >= 0.3 is 6.18 Å². The van der Waals surface area contributed by atoms with Gasteiger partial charge in [0.05, 0.1) is 5.56 Å². The molecule has 1 aliphatic rings. The number of alkyl halides is 3. The average Bonchev–Trinajstić information content (AvgIpc) is 3.32. The summed E-state index contributed by atoms with van der Waals surface area (Å²) in [6.45, 7) is 5.58. The normalized spacial score (nSPS) is 12.9. The molecule has 4 nitrogen and oxygen atoms in total. The first-order valence-corrected chi connectivity index (χ1v) is 12.6. The Morgan fingerprint density at radius 1 is 1.00 bits per heavy atom. The SMILES string of the molecule is Cc1cc2c(c(C)c1NC(=O)c1cc(C(F)(F)F)ccc1-c1ccccc1)CCN2CCc1ccccn1. The van der Waals surface area contributed by atoms with E-state index in [9.17, 15) is 18.0 Å². The van der Waals surface area contributed by atoms with Gasteiger partial charge in [-0.3, -0.25) is 9.78 Å². The van der Waals surface area contributed by atoms with Gasteiger partial charge in [-0.1, -0.05) is 42.5 Å². The Morgan fingerprint density at radius 3 is 2.47 bits per heavy atom. The van der Waals surface area contributed by atoms with E-state index in [0.717, 1.165) is 66.1 Å². The maximum absolute atomic E-state index is 13.5. The van der Waals surface area contributed by atoms with Gasteiger partial charge in [-0.25, -0.2) is 0 Å². The van der Waals surface area contributed by atoms with Gasteiger partial charge < -0.3 is 10.2 Å². The van der Waals surface area contributed by atoms with Gasteiger partial charge in [-0.15, -0.1) is 0 Å². The van der Waals surface area contributed by atoms with Crippen LogP contribution in [0.15, 0.2) is 79.0 Å². The van der Waals surface area contributed by atoms with E-state index in [0.29, 0.717) is 16.8 Å². The van der Waals surface area contributed by atoms with E-state index in [1.54, 1.807) is 30.5 Å². The zero-order valence-electron chi connectivity index (χ0n) is 21.3.